The number of aliphatic hydroxyl groups is 1. The van der Waals surface area contributed by atoms with E-state index in [4.69, 9.17) is 9.47 Å². The summed E-state index contributed by atoms with van der Waals surface area (Å²) >= 11 is 3.05. The molecule has 0 radical (unpaired) electrons. The Labute approximate surface area is 146 Å². The van der Waals surface area contributed by atoms with Crippen molar-refractivity contribution in [2.24, 2.45) is 0 Å². The lowest BCUT2D eigenvalue weighted by Crippen LogP contribution is -2.32. The molecule has 3 atom stereocenters. The zero-order chi connectivity index (χ0) is 17.5. The number of carbonyl (C=O) groups excluding carboxylic acids is 1. The molecule has 1 amide bonds. The van der Waals surface area contributed by atoms with Gasteiger partial charge in [0.15, 0.2) is 0 Å². The zero-order valence-corrected chi connectivity index (χ0v) is 14.5. The number of nitrogens with zero attached hydrogens (tertiary/aromatic N) is 1. The molecule has 1 fully saturated rings. The van der Waals surface area contributed by atoms with E-state index in [1.165, 1.54) is 16.8 Å². The molecule has 0 spiro atoms. The van der Waals surface area contributed by atoms with Crippen LogP contribution in [-0.2, 0) is 14.3 Å². The zero-order valence-electron chi connectivity index (χ0n) is 12.9. The molecule has 134 valence electrons. The van der Waals surface area contributed by atoms with E-state index in [-0.39, 0.29) is 24.3 Å². The van der Waals surface area contributed by atoms with Gasteiger partial charge in [-0.05, 0) is 6.42 Å². The number of amides is 1. The average Bonchev–Trinajstić information content (AvgIpc) is 2.91. The average molecular weight is 406 g/mol. The maximum absolute atomic E-state index is 11.7. The van der Waals surface area contributed by atoms with Crippen molar-refractivity contribution in [2.75, 3.05) is 25.1 Å². The van der Waals surface area contributed by atoms with Gasteiger partial charge in [-0.3, -0.25) is 19.1 Å². The first-order chi connectivity index (χ1) is 11.5. The summed E-state index contributed by atoms with van der Waals surface area (Å²) in [6, 6.07) is 1.22. The van der Waals surface area contributed by atoms with Crippen LogP contribution in [0.25, 0.3) is 0 Å². The summed E-state index contributed by atoms with van der Waals surface area (Å²) in [6.45, 7) is 1.11. The van der Waals surface area contributed by atoms with Gasteiger partial charge in [0, 0.05) is 31.8 Å². The van der Waals surface area contributed by atoms with E-state index in [0.717, 1.165) is 0 Å². The summed E-state index contributed by atoms with van der Waals surface area (Å²) in [5.74, 6) is -0.0845. The molecule has 1 aliphatic rings. The van der Waals surface area contributed by atoms with E-state index >= 15 is 0 Å². The molecule has 1 aromatic rings. The normalized spacial score (nSPS) is 23.3. The predicted molar refractivity (Wildman–Crippen MR) is 88.1 cm³/mol. The molecule has 0 aromatic carbocycles. The second-order valence-electron chi connectivity index (χ2n) is 5.36. The standard InChI is InChI=1S/C14H20BrN3O6/c15-7-12(21)16-3-1-5-23-8-10-9(19)6-13(24-10)18-4-2-11(20)17-14(18)22/h2,4,9-10,13,19H,1,3,5-8H2,(H,16,21)(H,17,20,22)/t9?,10-,13-/m0/s1. The first-order valence-electron chi connectivity index (χ1n) is 7.56. The smallest absolute Gasteiger partial charge is 0.330 e. The third-order valence-corrected chi connectivity index (χ3v) is 4.07. The van der Waals surface area contributed by atoms with Gasteiger partial charge in [0.1, 0.15) is 12.3 Å². The van der Waals surface area contributed by atoms with Crippen molar-refractivity contribution in [1.82, 2.24) is 14.9 Å². The summed E-state index contributed by atoms with van der Waals surface area (Å²) in [7, 11) is 0. The third kappa shape index (κ3) is 5.26. The molecule has 1 aliphatic heterocycles. The summed E-state index contributed by atoms with van der Waals surface area (Å²) in [5.41, 5.74) is -1.06. The molecule has 0 bridgehead atoms. The molecule has 0 aliphatic carbocycles. The van der Waals surface area contributed by atoms with Crippen molar-refractivity contribution in [2.45, 2.75) is 31.3 Å². The molecule has 0 saturated carbocycles. The fourth-order valence-electron chi connectivity index (χ4n) is 2.34. The quantitative estimate of drug-likeness (QED) is 0.380. The number of rotatable bonds is 8. The van der Waals surface area contributed by atoms with Crippen molar-refractivity contribution < 1.29 is 19.4 Å². The number of hydrogen-bond acceptors (Lipinski definition) is 6. The van der Waals surface area contributed by atoms with E-state index in [1.54, 1.807) is 0 Å². The molecule has 2 heterocycles. The molecule has 2 rings (SSSR count). The SMILES string of the molecule is O=C(CBr)NCCCOC[C@@H]1O[C@H](n2ccc(=O)[nH]c2=O)CC1O. The van der Waals surface area contributed by atoms with Crippen LogP contribution < -0.4 is 16.6 Å². The van der Waals surface area contributed by atoms with E-state index in [1.807, 2.05) is 0 Å². The van der Waals surface area contributed by atoms with Crippen LogP contribution in [0.3, 0.4) is 0 Å². The topological polar surface area (TPSA) is 123 Å². The van der Waals surface area contributed by atoms with Gasteiger partial charge in [-0.25, -0.2) is 4.79 Å². The van der Waals surface area contributed by atoms with Crippen LogP contribution in [0.5, 0.6) is 0 Å². The molecule has 1 unspecified atom stereocenters. The Bertz CT molecular complexity index is 660. The van der Waals surface area contributed by atoms with Crippen molar-refractivity contribution in [3.63, 3.8) is 0 Å². The lowest BCUT2D eigenvalue weighted by Gasteiger charge is -2.16. The van der Waals surface area contributed by atoms with Gasteiger partial charge >= 0.3 is 5.69 Å². The van der Waals surface area contributed by atoms with Gasteiger partial charge in [0.2, 0.25) is 5.91 Å². The lowest BCUT2D eigenvalue weighted by molar-refractivity contribution is -0.118. The van der Waals surface area contributed by atoms with Gasteiger partial charge in [0.05, 0.1) is 18.0 Å². The van der Waals surface area contributed by atoms with Crippen LogP contribution >= 0.6 is 15.9 Å². The van der Waals surface area contributed by atoms with Crippen LogP contribution in [0.2, 0.25) is 0 Å². The number of aromatic nitrogens is 2. The minimum atomic E-state index is -0.762. The number of halogens is 1. The molecular weight excluding hydrogens is 386 g/mol. The Morgan fingerprint density at radius 1 is 1.54 bits per heavy atom. The Morgan fingerprint density at radius 3 is 3.04 bits per heavy atom. The number of ether oxygens (including phenoxy) is 2. The maximum atomic E-state index is 11.7. The number of aliphatic hydroxyl groups excluding tert-OH is 1. The summed E-state index contributed by atoms with van der Waals surface area (Å²) in [6.07, 6.45) is 0.268. The second-order valence-corrected chi connectivity index (χ2v) is 5.92. The fourth-order valence-corrected chi connectivity index (χ4v) is 2.54. The Balaban J connectivity index is 1.74. The van der Waals surface area contributed by atoms with E-state index < -0.39 is 29.7 Å². The van der Waals surface area contributed by atoms with Gasteiger partial charge in [-0.1, -0.05) is 15.9 Å². The van der Waals surface area contributed by atoms with Crippen LogP contribution in [0.4, 0.5) is 0 Å². The minimum Gasteiger partial charge on any atom is -0.390 e. The largest absolute Gasteiger partial charge is 0.390 e. The molecule has 3 N–H and O–H groups in total. The molecule has 1 aromatic heterocycles. The Kier molecular flexibility index (Phi) is 7.16. The lowest BCUT2D eigenvalue weighted by atomic mass is 10.2. The first kappa shape index (κ1) is 18.8. The fraction of sp³-hybridized carbons (Fsp3) is 0.643. The van der Waals surface area contributed by atoms with Gasteiger partial charge in [-0.2, -0.15) is 0 Å². The highest BCUT2D eigenvalue weighted by molar-refractivity contribution is 9.09. The van der Waals surface area contributed by atoms with E-state index in [9.17, 15) is 19.5 Å². The summed E-state index contributed by atoms with van der Waals surface area (Å²) < 4.78 is 12.3. The number of hydrogen-bond donors (Lipinski definition) is 3. The third-order valence-electron chi connectivity index (χ3n) is 3.56. The highest BCUT2D eigenvalue weighted by Crippen LogP contribution is 2.27. The number of alkyl halides is 1. The van der Waals surface area contributed by atoms with Crippen LogP contribution in [0.1, 0.15) is 19.1 Å². The van der Waals surface area contributed by atoms with Gasteiger partial charge < -0.3 is 19.9 Å². The van der Waals surface area contributed by atoms with Crippen molar-refractivity contribution >= 4 is 21.8 Å². The molecule has 9 nitrogen and oxygen atoms in total. The summed E-state index contributed by atoms with van der Waals surface area (Å²) in [4.78, 5) is 36.0. The van der Waals surface area contributed by atoms with E-state index in [2.05, 4.69) is 26.2 Å². The minimum absolute atomic E-state index is 0.0845. The van der Waals surface area contributed by atoms with Crippen LogP contribution in [0.15, 0.2) is 21.9 Å². The van der Waals surface area contributed by atoms with Crippen molar-refractivity contribution in [3.8, 4) is 0 Å². The highest BCUT2D eigenvalue weighted by Gasteiger charge is 2.35. The molecule has 24 heavy (non-hydrogen) atoms. The number of aromatic amines is 1. The van der Waals surface area contributed by atoms with Gasteiger partial charge in [-0.15, -0.1) is 0 Å². The Morgan fingerprint density at radius 2 is 2.33 bits per heavy atom. The Hall–Kier alpha value is -1.49. The van der Waals surface area contributed by atoms with Crippen molar-refractivity contribution in [3.05, 3.63) is 33.1 Å². The van der Waals surface area contributed by atoms with Crippen LogP contribution in [0, 0.1) is 0 Å². The molecule has 1 saturated heterocycles. The molecular formula is C14H20BrN3O6. The first-order valence-corrected chi connectivity index (χ1v) is 8.69. The second kappa shape index (κ2) is 9.11. The highest BCUT2D eigenvalue weighted by atomic mass is 79.9. The number of nitrogens with one attached hydrogen (secondary N) is 2. The van der Waals surface area contributed by atoms with E-state index in [0.29, 0.717) is 19.6 Å². The number of carbonyl (C=O) groups is 1. The van der Waals surface area contributed by atoms with Gasteiger partial charge in [0.25, 0.3) is 5.56 Å². The maximum Gasteiger partial charge on any atom is 0.330 e. The monoisotopic (exact) mass is 405 g/mol. The summed E-state index contributed by atoms with van der Waals surface area (Å²) in [5, 5.41) is 13.0. The van der Waals surface area contributed by atoms with Crippen molar-refractivity contribution in [1.29, 1.82) is 0 Å². The predicted octanol–water partition coefficient (Wildman–Crippen LogP) is -0.897. The molecule has 10 heteroatoms. The number of H-pyrrole nitrogens is 1. The van der Waals surface area contributed by atoms with Crippen LogP contribution in [-0.4, -0.2) is 57.9 Å².